The molecule has 8 heteroatoms. The number of amides is 1. The van der Waals surface area contributed by atoms with Gasteiger partial charge in [-0.15, -0.1) is 0 Å². The number of piperazine rings is 1. The lowest BCUT2D eigenvalue weighted by molar-refractivity contribution is 0.0744. The van der Waals surface area contributed by atoms with Gasteiger partial charge in [0.1, 0.15) is 5.56 Å². The summed E-state index contributed by atoms with van der Waals surface area (Å²) in [4.78, 5) is 39.2. The minimum Gasteiger partial charge on any atom is -0.481 e. The predicted octanol–water partition coefficient (Wildman–Crippen LogP) is 0.444. The second-order valence-corrected chi connectivity index (χ2v) is 5.54. The number of nitrogens with zero attached hydrogens (tertiary/aromatic N) is 4. The SMILES string of the molecule is COc1cc(C)nc(N2CCN(C(=O)c3ccc[nH]c3=O)CC2)n1. The first-order chi connectivity index (χ1) is 11.6. The van der Waals surface area contributed by atoms with Gasteiger partial charge in [0, 0.05) is 44.1 Å². The van der Waals surface area contributed by atoms with E-state index in [4.69, 9.17) is 4.74 Å². The number of H-pyrrole nitrogens is 1. The maximum Gasteiger partial charge on any atom is 0.260 e. The maximum absolute atomic E-state index is 12.5. The number of carbonyl (C=O) groups is 1. The number of pyridine rings is 1. The molecule has 3 heterocycles. The van der Waals surface area contributed by atoms with Crippen molar-refractivity contribution in [3.63, 3.8) is 0 Å². The number of ether oxygens (including phenoxy) is 1. The highest BCUT2D eigenvalue weighted by Crippen LogP contribution is 2.17. The van der Waals surface area contributed by atoms with E-state index in [0.717, 1.165) is 5.69 Å². The number of aromatic amines is 1. The summed E-state index contributed by atoms with van der Waals surface area (Å²) in [7, 11) is 1.57. The van der Waals surface area contributed by atoms with Crippen molar-refractivity contribution < 1.29 is 9.53 Å². The highest BCUT2D eigenvalue weighted by atomic mass is 16.5. The van der Waals surface area contributed by atoms with Gasteiger partial charge < -0.3 is 19.5 Å². The Morgan fingerprint density at radius 3 is 2.67 bits per heavy atom. The van der Waals surface area contributed by atoms with Gasteiger partial charge in [0.05, 0.1) is 7.11 Å². The Balaban J connectivity index is 1.70. The second kappa shape index (κ2) is 6.69. The molecule has 1 saturated heterocycles. The fourth-order valence-corrected chi connectivity index (χ4v) is 2.64. The molecule has 0 bridgehead atoms. The summed E-state index contributed by atoms with van der Waals surface area (Å²) in [5.74, 6) is 0.863. The number of hydrogen-bond acceptors (Lipinski definition) is 6. The zero-order valence-electron chi connectivity index (χ0n) is 13.7. The topological polar surface area (TPSA) is 91.4 Å². The molecule has 0 radical (unpaired) electrons. The lowest BCUT2D eigenvalue weighted by Gasteiger charge is -2.34. The van der Waals surface area contributed by atoms with Crippen molar-refractivity contribution in [1.29, 1.82) is 0 Å². The lowest BCUT2D eigenvalue weighted by Crippen LogP contribution is -2.50. The van der Waals surface area contributed by atoms with E-state index in [2.05, 4.69) is 15.0 Å². The number of aryl methyl sites for hydroxylation is 1. The van der Waals surface area contributed by atoms with E-state index in [1.165, 1.54) is 6.20 Å². The molecule has 2 aromatic heterocycles. The zero-order valence-corrected chi connectivity index (χ0v) is 13.7. The minimum atomic E-state index is -0.364. The Labute approximate surface area is 139 Å². The predicted molar refractivity (Wildman–Crippen MR) is 88.5 cm³/mol. The van der Waals surface area contributed by atoms with Crippen molar-refractivity contribution in [2.24, 2.45) is 0 Å². The smallest absolute Gasteiger partial charge is 0.260 e. The molecule has 3 rings (SSSR count). The molecular formula is C16H19N5O3. The van der Waals surface area contributed by atoms with Crippen molar-refractivity contribution in [2.75, 3.05) is 38.2 Å². The number of hydrogen-bond donors (Lipinski definition) is 1. The summed E-state index contributed by atoms with van der Waals surface area (Å²) in [5.41, 5.74) is 0.627. The van der Waals surface area contributed by atoms with Gasteiger partial charge >= 0.3 is 0 Å². The summed E-state index contributed by atoms with van der Waals surface area (Å²) in [6.45, 7) is 4.10. The number of rotatable bonds is 3. The van der Waals surface area contributed by atoms with E-state index >= 15 is 0 Å². The zero-order chi connectivity index (χ0) is 17.1. The van der Waals surface area contributed by atoms with Gasteiger partial charge in [-0.25, -0.2) is 4.98 Å². The Morgan fingerprint density at radius 1 is 1.25 bits per heavy atom. The Kier molecular flexibility index (Phi) is 4.45. The molecule has 0 unspecified atom stereocenters. The monoisotopic (exact) mass is 329 g/mol. The first-order valence-electron chi connectivity index (χ1n) is 7.70. The molecule has 8 nitrogen and oxygen atoms in total. The van der Waals surface area contributed by atoms with Crippen molar-refractivity contribution in [1.82, 2.24) is 19.9 Å². The summed E-state index contributed by atoms with van der Waals surface area (Å²) in [6.07, 6.45) is 1.51. The standard InChI is InChI=1S/C16H19N5O3/c1-11-10-13(24-2)19-16(18-11)21-8-6-20(7-9-21)15(23)12-4-3-5-17-14(12)22/h3-5,10H,6-9H2,1-2H3,(H,17,22). The van der Waals surface area contributed by atoms with Crippen LogP contribution in [0.5, 0.6) is 5.88 Å². The maximum atomic E-state index is 12.5. The molecule has 1 aliphatic rings. The third kappa shape index (κ3) is 3.22. The van der Waals surface area contributed by atoms with Crippen LogP contribution in [-0.2, 0) is 0 Å². The van der Waals surface area contributed by atoms with Gasteiger partial charge in [-0.2, -0.15) is 4.98 Å². The van der Waals surface area contributed by atoms with E-state index in [-0.39, 0.29) is 17.0 Å². The normalized spacial score (nSPS) is 14.6. The molecule has 0 aliphatic carbocycles. The van der Waals surface area contributed by atoms with E-state index < -0.39 is 0 Å². The molecule has 1 amide bonds. The first kappa shape index (κ1) is 16.0. The Hall–Kier alpha value is -2.90. The van der Waals surface area contributed by atoms with Crippen LogP contribution in [0.15, 0.2) is 29.2 Å². The van der Waals surface area contributed by atoms with Gasteiger partial charge in [0.2, 0.25) is 11.8 Å². The fourth-order valence-electron chi connectivity index (χ4n) is 2.64. The van der Waals surface area contributed by atoms with Crippen molar-refractivity contribution in [3.05, 3.63) is 46.0 Å². The molecule has 1 fully saturated rings. The van der Waals surface area contributed by atoms with Crippen molar-refractivity contribution in [3.8, 4) is 5.88 Å². The van der Waals surface area contributed by atoms with Crippen molar-refractivity contribution in [2.45, 2.75) is 6.92 Å². The van der Waals surface area contributed by atoms with Crippen LogP contribution in [0.1, 0.15) is 16.1 Å². The van der Waals surface area contributed by atoms with Gasteiger partial charge in [0.15, 0.2) is 0 Å². The third-order valence-corrected chi connectivity index (χ3v) is 3.93. The van der Waals surface area contributed by atoms with Gasteiger partial charge in [-0.1, -0.05) is 0 Å². The highest BCUT2D eigenvalue weighted by molar-refractivity contribution is 5.93. The number of aromatic nitrogens is 3. The summed E-state index contributed by atoms with van der Waals surface area (Å²) < 4.78 is 5.18. The minimum absolute atomic E-state index is 0.166. The van der Waals surface area contributed by atoms with E-state index in [0.29, 0.717) is 38.0 Å². The molecule has 126 valence electrons. The average molecular weight is 329 g/mol. The van der Waals surface area contributed by atoms with Crippen LogP contribution in [0.4, 0.5) is 5.95 Å². The van der Waals surface area contributed by atoms with Crippen LogP contribution < -0.4 is 15.2 Å². The Morgan fingerprint density at radius 2 is 2.00 bits per heavy atom. The highest BCUT2D eigenvalue weighted by Gasteiger charge is 2.25. The number of carbonyl (C=O) groups excluding carboxylic acids is 1. The molecule has 0 spiro atoms. The molecule has 0 saturated carbocycles. The van der Waals surface area contributed by atoms with Gasteiger partial charge in [-0.3, -0.25) is 9.59 Å². The van der Waals surface area contributed by atoms with Crippen LogP contribution in [0, 0.1) is 6.92 Å². The van der Waals surface area contributed by atoms with Crippen LogP contribution in [-0.4, -0.2) is 59.0 Å². The number of anilines is 1. The summed E-state index contributed by atoms with van der Waals surface area (Å²) in [5, 5.41) is 0. The van der Waals surface area contributed by atoms with E-state index in [1.807, 2.05) is 11.8 Å². The van der Waals surface area contributed by atoms with Crippen LogP contribution in [0.2, 0.25) is 0 Å². The third-order valence-electron chi connectivity index (χ3n) is 3.93. The first-order valence-corrected chi connectivity index (χ1v) is 7.70. The number of nitrogens with one attached hydrogen (secondary N) is 1. The summed E-state index contributed by atoms with van der Waals surface area (Å²) in [6, 6.07) is 4.96. The second-order valence-electron chi connectivity index (χ2n) is 5.54. The van der Waals surface area contributed by atoms with E-state index in [9.17, 15) is 9.59 Å². The van der Waals surface area contributed by atoms with Crippen LogP contribution >= 0.6 is 0 Å². The van der Waals surface area contributed by atoms with Crippen LogP contribution in [0.3, 0.4) is 0 Å². The summed E-state index contributed by atoms with van der Waals surface area (Å²) >= 11 is 0. The van der Waals surface area contributed by atoms with Gasteiger partial charge in [0.25, 0.3) is 11.5 Å². The van der Waals surface area contributed by atoms with Crippen molar-refractivity contribution >= 4 is 11.9 Å². The largest absolute Gasteiger partial charge is 0.481 e. The molecule has 2 aromatic rings. The average Bonchev–Trinajstić information content (AvgIpc) is 2.61. The molecule has 0 aromatic carbocycles. The number of methoxy groups -OCH3 is 1. The van der Waals surface area contributed by atoms with Crippen LogP contribution in [0.25, 0.3) is 0 Å². The Bertz CT molecular complexity index is 796. The molecule has 1 aliphatic heterocycles. The molecule has 1 N–H and O–H groups in total. The fraction of sp³-hybridized carbons (Fsp3) is 0.375. The van der Waals surface area contributed by atoms with E-state index in [1.54, 1.807) is 30.2 Å². The lowest BCUT2D eigenvalue weighted by atomic mass is 10.2. The molecule has 0 atom stereocenters. The molecule has 24 heavy (non-hydrogen) atoms. The van der Waals surface area contributed by atoms with Gasteiger partial charge in [-0.05, 0) is 19.1 Å². The molecular weight excluding hydrogens is 310 g/mol. The quantitative estimate of drug-likeness (QED) is 0.879.